The summed E-state index contributed by atoms with van der Waals surface area (Å²) in [6.45, 7) is 1.71. The van der Waals surface area contributed by atoms with Crippen molar-refractivity contribution in [1.82, 2.24) is 0 Å². The highest BCUT2D eigenvalue weighted by Gasteiger charge is 2.33. The Kier molecular flexibility index (Phi) is 5.85. The summed E-state index contributed by atoms with van der Waals surface area (Å²) < 4.78 is 45.4. The van der Waals surface area contributed by atoms with Crippen molar-refractivity contribution in [3.05, 3.63) is 28.8 Å². The van der Waals surface area contributed by atoms with E-state index in [-0.39, 0.29) is 30.0 Å². The zero-order chi connectivity index (χ0) is 16.0. The van der Waals surface area contributed by atoms with Gasteiger partial charge in [-0.05, 0) is 24.1 Å². The Morgan fingerprint density at radius 1 is 1.43 bits per heavy atom. The number of rotatable bonds is 5. The lowest BCUT2D eigenvalue weighted by molar-refractivity contribution is -0.274. The lowest BCUT2D eigenvalue weighted by Gasteiger charge is -2.15. The zero-order valence-corrected chi connectivity index (χ0v) is 11.7. The SMILES string of the molecule is CCOC(=O)Cc1c(CCl)ccc(OC(F)(F)F)c1C#N. The van der Waals surface area contributed by atoms with Crippen LogP contribution in [0.4, 0.5) is 13.2 Å². The van der Waals surface area contributed by atoms with E-state index in [1.165, 1.54) is 6.07 Å². The lowest BCUT2D eigenvalue weighted by Crippen LogP contribution is -2.19. The Labute approximate surface area is 124 Å². The molecule has 0 aliphatic rings. The molecule has 0 aromatic heterocycles. The third-order valence-electron chi connectivity index (χ3n) is 2.48. The van der Waals surface area contributed by atoms with Gasteiger partial charge in [0.15, 0.2) is 0 Å². The molecule has 0 spiro atoms. The average Bonchev–Trinajstić information content (AvgIpc) is 2.37. The molecule has 0 saturated heterocycles. The summed E-state index contributed by atoms with van der Waals surface area (Å²) in [5, 5.41) is 9.07. The van der Waals surface area contributed by atoms with Crippen LogP contribution in [0, 0.1) is 11.3 Å². The number of halogens is 4. The van der Waals surface area contributed by atoms with Crippen LogP contribution in [-0.2, 0) is 21.8 Å². The van der Waals surface area contributed by atoms with Crippen LogP contribution >= 0.6 is 11.6 Å². The van der Waals surface area contributed by atoms with Crippen molar-refractivity contribution in [3.63, 3.8) is 0 Å². The number of nitrogens with zero attached hydrogens (tertiary/aromatic N) is 1. The summed E-state index contributed by atoms with van der Waals surface area (Å²) in [6, 6.07) is 3.90. The van der Waals surface area contributed by atoms with Gasteiger partial charge in [0.1, 0.15) is 11.8 Å². The van der Waals surface area contributed by atoms with E-state index in [9.17, 15) is 18.0 Å². The predicted octanol–water partition coefficient (Wildman–Crippen LogP) is 3.30. The Morgan fingerprint density at radius 3 is 2.57 bits per heavy atom. The Bertz CT molecular complexity index is 567. The van der Waals surface area contributed by atoms with Crippen molar-refractivity contribution < 1.29 is 27.4 Å². The van der Waals surface area contributed by atoms with Gasteiger partial charge in [0, 0.05) is 5.88 Å². The molecule has 0 aliphatic heterocycles. The molecule has 1 rings (SSSR count). The summed E-state index contributed by atoms with van der Waals surface area (Å²) >= 11 is 5.68. The molecule has 0 aliphatic carbocycles. The van der Waals surface area contributed by atoms with Crippen LogP contribution in [0.15, 0.2) is 12.1 Å². The molecular formula is C13H11ClF3NO3. The summed E-state index contributed by atoms with van der Waals surface area (Å²) in [5.41, 5.74) is 0.0713. The molecule has 8 heteroatoms. The molecule has 0 fully saturated rings. The van der Waals surface area contributed by atoms with Crippen molar-refractivity contribution in [2.45, 2.75) is 25.6 Å². The van der Waals surface area contributed by atoms with Gasteiger partial charge < -0.3 is 9.47 Å². The highest BCUT2D eigenvalue weighted by molar-refractivity contribution is 6.17. The number of nitriles is 1. The van der Waals surface area contributed by atoms with Gasteiger partial charge >= 0.3 is 12.3 Å². The van der Waals surface area contributed by atoms with Gasteiger partial charge in [-0.3, -0.25) is 4.79 Å². The van der Waals surface area contributed by atoms with Crippen molar-refractivity contribution >= 4 is 17.6 Å². The molecule has 0 unspecified atom stereocenters. The summed E-state index contributed by atoms with van der Waals surface area (Å²) in [4.78, 5) is 11.5. The molecule has 0 bridgehead atoms. The van der Waals surface area contributed by atoms with Gasteiger partial charge in [0.2, 0.25) is 0 Å². The van der Waals surface area contributed by atoms with Crippen molar-refractivity contribution in [3.8, 4) is 11.8 Å². The molecule has 0 heterocycles. The molecule has 114 valence electrons. The minimum atomic E-state index is -4.94. The Hall–Kier alpha value is -1.94. The molecule has 1 aromatic carbocycles. The average molecular weight is 322 g/mol. The van der Waals surface area contributed by atoms with Crippen molar-refractivity contribution in [1.29, 1.82) is 5.26 Å². The maximum Gasteiger partial charge on any atom is 0.573 e. The fourth-order valence-corrected chi connectivity index (χ4v) is 1.94. The Morgan fingerprint density at radius 2 is 2.10 bits per heavy atom. The number of ether oxygens (including phenoxy) is 2. The van der Waals surface area contributed by atoms with E-state index < -0.39 is 18.1 Å². The van der Waals surface area contributed by atoms with Crippen LogP contribution in [0.2, 0.25) is 0 Å². The van der Waals surface area contributed by atoms with Gasteiger partial charge in [-0.25, -0.2) is 0 Å². The molecule has 0 N–H and O–H groups in total. The molecule has 0 radical (unpaired) electrons. The molecule has 21 heavy (non-hydrogen) atoms. The number of esters is 1. The molecule has 0 amide bonds. The first-order valence-electron chi connectivity index (χ1n) is 5.84. The monoisotopic (exact) mass is 321 g/mol. The van der Waals surface area contributed by atoms with E-state index in [4.69, 9.17) is 21.6 Å². The van der Waals surface area contributed by atoms with Gasteiger partial charge in [0.05, 0.1) is 18.6 Å². The number of carbonyl (C=O) groups is 1. The van der Waals surface area contributed by atoms with Crippen LogP contribution in [0.1, 0.15) is 23.6 Å². The fourth-order valence-electron chi connectivity index (χ4n) is 1.69. The van der Waals surface area contributed by atoms with Crippen molar-refractivity contribution in [2.75, 3.05) is 6.61 Å². The second-order valence-electron chi connectivity index (χ2n) is 3.85. The standard InChI is InChI=1S/C13H11ClF3NO3/c1-2-20-12(19)5-9-8(6-14)3-4-11(10(9)7-18)21-13(15,16)17/h3-4H,2,5-6H2,1H3. The number of hydrogen-bond donors (Lipinski definition) is 0. The van der Waals surface area contributed by atoms with E-state index in [0.717, 1.165) is 6.07 Å². The first-order valence-corrected chi connectivity index (χ1v) is 6.38. The van der Waals surface area contributed by atoms with Crippen molar-refractivity contribution in [2.24, 2.45) is 0 Å². The second-order valence-corrected chi connectivity index (χ2v) is 4.12. The number of benzene rings is 1. The van der Waals surface area contributed by atoms with Gasteiger partial charge in [-0.15, -0.1) is 24.8 Å². The smallest absolute Gasteiger partial charge is 0.466 e. The fraction of sp³-hybridized carbons (Fsp3) is 0.385. The quantitative estimate of drug-likeness (QED) is 0.616. The predicted molar refractivity (Wildman–Crippen MR) is 67.7 cm³/mol. The first kappa shape index (κ1) is 17.1. The summed E-state index contributed by atoms with van der Waals surface area (Å²) in [5.74, 6) is -1.39. The molecule has 0 atom stereocenters. The van der Waals surface area contributed by atoms with Crippen LogP contribution in [-0.4, -0.2) is 18.9 Å². The van der Waals surface area contributed by atoms with Gasteiger partial charge in [0.25, 0.3) is 0 Å². The summed E-state index contributed by atoms with van der Waals surface area (Å²) in [6.07, 6.45) is -5.29. The highest BCUT2D eigenvalue weighted by Crippen LogP contribution is 2.31. The minimum absolute atomic E-state index is 0.0598. The normalized spacial score (nSPS) is 10.9. The summed E-state index contributed by atoms with van der Waals surface area (Å²) in [7, 11) is 0. The maximum atomic E-state index is 12.3. The molecular weight excluding hydrogens is 311 g/mol. The largest absolute Gasteiger partial charge is 0.573 e. The highest BCUT2D eigenvalue weighted by atomic mass is 35.5. The van der Waals surface area contributed by atoms with E-state index in [2.05, 4.69) is 4.74 Å². The molecule has 1 aromatic rings. The third kappa shape index (κ3) is 4.83. The first-order chi connectivity index (χ1) is 9.82. The van der Waals surface area contributed by atoms with Crippen LogP contribution in [0.25, 0.3) is 0 Å². The third-order valence-corrected chi connectivity index (χ3v) is 2.77. The molecule has 0 saturated carbocycles. The lowest BCUT2D eigenvalue weighted by atomic mass is 9.99. The number of hydrogen-bond acceptors (Lipinski definition) is 4. The topological polar surface area (TPSA) is 59.3 Å². The number of carbonyl (C=O) groups excluding carboxylic acids is 1. The van der Waals surface area contributed by atoms with Gasteiger partial charge in [-0.1, -0.05) is 6.07 Å². The van der Waals surface area contributed by atoms with E-state index in [1.54, 1.807) is 13.0 Å². The van der Waals surface area contributed by atoms with E-state index in [1.807, 2.05) is 0 Å². The Balaban J connectivity index is 3.27. The van der Waals surface area contributed by atoms with Crippen LogP contribution in [0.5, 0.6) is 5.75 Å². The van der Waals surface area contributed by atoms with E-state index >= 15 is 0 Å². The minimum Gasteiger partial charge on any atom is -0.466 e. The maximum absolute atomic E-state index is 12.3. The van der Waals surface area contributed by atoms with Crippen LogP contribution in [0.3, 0.4) is 0 Å². The second kappa shape index (κ2) is 7.18. The van der Waals surface area contributed by atoms with E-state index in [0.29, 0.717) is 5.56 Å². The van der Waals surface area contributed by atoms with Crippen LogP contribution < -0.4 is 4.74 Å². The number of alkyl halides is 4. The zero-order valence-electron chi connectivity index (χ0n) is 11.0. The molecule has 4 nitrogen and oxygen atoms in total. The van der Waals surface area contributed by atoms with Gasteiger partial charge in [-0.2, -0.15) is 5.26 Å².